The molecule has 2 aromatic rings. The van der Waals surface area contributed by atoms with Crippen molar-refractivity contribution in [1.82, 2.24) is 10.2 Å². The molecule has 0 radical (unpaired) electrons. The van der Waals surface area contributed by atoms with Crippen LogP contribution in [0.5, 0.6) is 5.75 Å². The van der Waals surface area contributed by atoms with Crippen LogP contribution in [-0.2, 0) is 16.1 Å². The van der Waals surface area contributed by atoms with Crippen molar-refractivity contribution in [3.05, 3.63) is 64.7 Å². The van der Waals surface area contributed by atoms with E-state index in [-0.39, 0.29) is 35.6 Å². The fourth-order valence-corrected chi connectivity index (χ4v) is 3.24. The third-order valence-corrected chi connectivity index (χ3v) is 4.89. The number of carbonyl (C=O) groups is 4. The number of carbonyl (C=O) groups excluding carboxylic acids is 4. The fourth-order valence-electron chi connectivity index (χ4n) is 3.24. The predicted octanol–water partition coefficient (Wildman–Crippen LogP) is 2.56. The number of amides is 3. The third kappa shape index (κ3) is 4.91. The molecule has 31 heavy (non-hydrogen) atoms. The van der Waals surface area contributed by atoms with Gasteiger partial charge < -0.3 is 14.8 Å². The second kappa shape index (κ2) is 9.88. The van der Waals surface area contributed by atoms with Gasteiger partial charge in [-0.3, -0.25) is 19.3 Å². The summed E-state index contributed by atoms with van der Waals surface area (Å²) in [5.41, 5.74) is 1.37. The van der Waals surface area contributed by atoms with Gasteiger partial charge in [-0.2, -0.15) is 0 Å². The number of nitrogens with one attached hydrogen (secondary N) is 1. The summed E-state index contributed by atoms with van der Waals surface area (Å²) in [5.74, 6) is -1.62. The van der Waals surface area contributed by atoms with E-state index in [4.69, 9.17) is 9.47 Å². The summed E-state index contributed by atoms with van der Waals surface area (Å²) in [5, 5.41) is 2.67. The number of hydrogen-bond acceptors (Lipinski definition) is 6. The molecule has 0 spiro atoms. The lowest BCUT2D eigenvalue weighted by Crippen LogP contribution is -2.30. The molecule has 0 unspecified atom stereocenters. The van der Waals surface area contributed by atoms with Crippen molar-refractivity contribution >= 4 is 23.7 Å². The van der Waals surface area contributed by atoms with Gasteiger partial charge in [-0.15, -0.1) is 0 Å². The molecule has 1 N–H and O–H groups in total. The molecule has 162 valence electrons. The number of benzene rings is 2. The molecule has 2 aromatic carbocycles. The zero-order valence-electron chi connectivity index (χ0n) is 17.5. The molecule has 0 saturated heterocycles. The van der Waals surface area contributed by atoms with Crippen LogP contribution in [0.2, 0.25) is 0 Å². The Bertz CT molecular complexity index is 982. The number of hydrogen-bond donors (Lipinski definition) is 1. The van der Waals surface area contributed by atoms with Crippen LogP contribution in [0.3, 0.4) is 0 Å². The number of rotatable bonds is 9. The zero-order valence-corrected chi connectivity index (χ0v) is 17.5. The van der Waals surface area contributed by atoms with Gasteiger partial charge in [0, 0.05) is 6.54 Å². The standard InChI is InChI=1S/C23H24N2O6/c1-3-4-11-24-20(26)14-31-23(29)18-12-15(9-10-19(18)30-2)13-25-21(27)16-7-5-6-8-17(16)22(25)28/h5-10,12H,3-4,11,13-14H2,1-2H3,(H,24,26). The topological polar surface area (TPSA) is 102 Å². The first kappa shape index (κ1) is 22.0. The average Bonchev–Trinajstić information content (AvgIpc) is 3.02. The van der Waals surface area contributed by atoms with E-state index in [1.54, 1.807) is 36.4 Å². The fraction of sp³-hybridized carbons (Fsp3) is 0.304. The minimum atomic E-state index is -0.730. The molecule has 0 aromatic heterocycles. The van der Waals surface area contributed by atoms with Gasteiger partial charge in [0.1, 0.15) is 11.3 Å². The van der Waals surface area contributed by atoms with Crippen molar-refractivity contribution in [2.45, 2.75) is 26.3 Å². The van der Waals surface area contributed by atoms with E-state index in [0.29, 0.717) is 23.2 Å². The number of unbranched alkanes of at least 4 members (excludes halogenated alkanes) is 1. The van der Waals surface area contributed by atoms with E-state index in [2.05, 4.69) is 5.32 Å². The van der Waals surface area contributed by atoms with Crippen LogP contribution < -0.4 is 10.1 Å². The molecule has 0 fully saturated rings. The average molecular weight is 424 g/mol. The van der Waals surface area contributed by atoms with Gasteiger partial charge in [-0.1, -0.05) is 31.5 Å². The number of methoxy groups -OCH3 is 1. The number of esters is 1. The molecule has 1 heterocycles. The molecule has 1 aliphatic heterocycles. The smallest absolute Gasteiger partial charge is 0.342 e. The van der Waals surface area contributed by atoms with Crippen molar-refractivity contribution in [2.75, 3.05) is 20.3 Å². The second-order valence-corrected chi connectivity index (χ2v) is 7.06. The lowest BCUT2D eigenvalue weighted by molar-refractivity contribution is -0.124. The van der Waals surface area contributed by atoms with Crippen LogP contribution >= 0.6 is 0 Å². The van der Waals surface area contributed by atoms with Crippen molar-refractivity contribution in [3.63, 3.8) is 0 Å². The molecule has 1 aliphatic rings. The lowest BCUT2D eigenvalue weighted by atomic mass is 10.1. The molecule has 0 atom stereocenters. The number of ether oxygens (including phenoxy) is 2. The van der Waals surface area contributed by atoms with Gasteiger partial charge in [-0.25, -0.2) is 4.79 Å². The largest absolute Gasteiger partial charge is 0.496 e. The van der Waals surface area contributed by atoms with Crippen LogP contribution in [0.1, 0.15) is 56.4 Å². The van der Waals surface area contributed by atoms with Crippen molar-refractivity contribution in [3.8, 4) is 5.75 Å². The summed E-state index contributed by atoms with van der Waals surface area (Å²) in [6.45, 7) is 2.11. The van der Waals surface area contributed by atoms with E-state index in [1.165, 1.54) is 13.2 Å². The highest BCUT2D eigenvalue weighted by atomic mass is 16.5. The van der Waals surface area contributed by atoms with E-state index in [1.807, 2.05) is 6.92 Å². The summed E-state index contributed by atoms with van der Waals surface area (Å²) in [4.78, 5) is 50.6. The molecule has 8 nitrogen and oxygen atoms in total. The van der Waals surface area contributed by atoms with Gasteiger partial charge in [0.15, 0.2) is 6.61 Å². The van der Waals surface area contributed by atoms with Crippen molar-refractivity contribution < 1.29 is 28.7 Å². The summed E-state index contributed by atoms with van der Waals surface area (Å²) in [6.07, 6.45) is 1.78. The summed E-state index contributed by atoms with van der Waals surface area (Å²) < 4.78 is 10.3. The summed E-state index contributed by atoms with van der Waals surface area (Å²) in [7, 11) is 1.41. The van der Waals surface area contributed by atoms with Gasteiger partial charge in [0.2, 0.25) is 0 Å². The normalized spacial score (nSPS) is 12.5. The van der Waals surface area contributed by atoms with Crippen LogP contribution in [0.15, 0.2) is 42.5 Å². The number of nitrogens with zero attached hydrogens (tertiary/aromatic N) is 1. The SMILES string of the molecule is CCCCNC(=O)COC(=O)c1cc(CN2C(=O)c3ccccc3C2=O)ccc1OC. The molecular formula is C23H24N2O6. The lowest BCUT2D eigenvalue weighted by Gasteiger charge is -2.16. The number of imide groups is 1. The molecule has 0 aliphatic carbocycles. The first-order valence-electron chi connectivity index (χ1n) is 10.0. The maximum atomic E-state index is 12.6. The minimum Gasteiger partial charge on any atom is -0.496 e. The quantitative estimate of drug-likeness (QED) is 0.377. The highest BCUT2D eigenvalue weighted by Gasteiger charge is 2.35. The molecule has 3 rings (SSSR count). The van der Waals surface area contributed by atoms with Crippen LogP contribution in [0.4, 0.5) is 0 Å². The Labute approximate surface area is 180 Å². The van der Waals surface area contributed by atoms with E-state index in [9.17, 15) is 19.2 Å². The van der Waals surface area contributed by atoms with Crippen LogP contribution in [-0.4, -0.2) is 48.9 Å². The summed E-state index contributed by atoms with van der Waals surface area (Å²) in [6, 6.07) is 11.3. The monoisotopic (exact) mass is 424 g/mol. The third-order valence-electron chi connectivity index (χ3n) is 4.89. The van der Waals surface area contributed by atoms with E-state index in [0.717, 1.165) is 17.7 Å². The Morgan fingerprint density at radius 3 is 2.32 bits per heavy atom. The maximum Gasteiger partial charge on any atom is 0.342 e. The van der Waals surface area contributed by atoms with Crippen molar-refractivity contribution in [2.24, 2.45) is 0 Å². The van der Waals surface area contributed by atoms with Gasteiger partial charge in [0.25, 0.3) is 17.7 Å². The first-order chi connectivity index (χ1) is 15.0. The maximum absolute atomic E-state index is 12.6. The molecule has 0 bridgehead atoms. The zero-order chi connectivity index (χ0) is 22.4. The highest BCUT2D eigenvalue weighted by Crippen LogP contribution is 2.26. The van der Waals surface area contributed by atoms with E-state index < -0.39 is 12.6 Å². The molecule has 3 amide bonds. The molecule has 0 saturated carbocycles. The van der Waals surface area contributed by atoms with Crippen LogP contribution in [0, 0.1) is 0 Å². The Morgan fingerprint density at radius 1 is 1.03 bits per heavy atom. The van der Waals surface area contributed by atoms with Gasteiger partial charge in [-0.05, 0) is 36.2 Å². The number of fused-ring (bicyclic) bond motifs is 1. The highest BCUT2D eigenvalue weighted by molar-refractivity contribution is 6.21. The first-order valence-corrected chi connectivity index (χ1v) is 10.0. The Morgan fingerprint density at radius 2 is 1.71 bits per heavy atom. The second-order valence-electron chi connectivity index (χ2n) is 7.06. The minimum absolute atomic E-state index is 0.00583. The van der Waals surface area contributed by atoms with Crippen LogP contribution in [0.25, 0.3) is 0 Å². The summed E-state index contributed by atoms with van der Waals surface area (Å²) >= 11 is 0. The molecular weight excluding hydrogens is 400 g/mol. The van der Waals surface area contributed by atoms with Gasteiger partial charge in [0.05, 0.1) is 24.8 Å². The Balaban J connectivity index is 1.71. The Kier molecular flexibility index (Phi) is 7.02. The predicted molar refractivity (Wildman–Crippen MR) is 112 cm³/mol. The Hall–Kier alpha value is -3.68. The van der Waals surface area contributed by atoms with Gasteiger partial charge >= 0.3 is 5.97 Å². The van der Waals surface area contributed by atoms with Crippen molar-refractivity contribution in [1.29, 1.82) is 0 Å². The molecule has 8 heteroatoms. The van der Waals surface area contributed by atoms with E-state index >= 15 is 0 Å².